The fourth-order valence-electron chi connectivity index (χ4n) is 4.39. The molecule has 0 saturated carbocycles. The molecular weight excluding hydrogens is 346 g/mol. The van der Waals surface area contributed by atoms with E-state index < -0.39 is 0 Å². The summed E-state index contributed by atoms with van der Waals surface area (Å²) in [6.07, 6.45) is 0. The number of rotatable bonds is 1. The summed E-state index contributed by atoms with van der Waals surface area (Å²) in [4.78, 5) is 0. The fourth-order valence-corrected chi connectivity index (χ4v) is 5.64. The van der Waals surface area contributed by atoms with E-state index in [2.05, 4.69) is 96.5 Å². The Morgan fingerprint density at radius 3 is 2.22 bits per heavy atom. The second-order valence-corrected chi connectivity index (χ2v) is 8.12. The van der Waals surface area contributed by atoms with Crippen LogP contribution in [-0.4, -0.2) is 4.57 Å². The van der Waals surface area contributed by atoms with Gasteiger partial charge in [0.15, 0.2) is 0 Å². The Hall–Kier alpha value is -3.10. The SMILES string of the molecule is Cn1c2ccccc2c2cc3c(sc4ccccc43)c(-c3ccccc3)c21. The number of aromatic nitrogens is 1. The zero-order chi connectivity index (χ0) is 18.0. The molecule has 6 rings (SSSR count). The van der Waals surface area contributed by atoms with Crippen LogP contribution in [0.1, 0.15) is 0 Å². The highest BCUT2D eigenvalue weighted by molar-refractivity contribution is 7.26. The van der Waals surface area contributed by atoms with Gasteiger partial charge in [0.1, 0.15) is 0 Å². The first-order valence-corrected chi connectivity index (χ1v) is 10.0. The molecule has 0 aliphatic rings. The Kier molecular flexibility index (Phi) is 3.03. The second kappa shape index (κ2) is 5.45. The van der Waals surface area contributed by atoms with Gasteiger partial charge in [-0.3, -0.25) is 0 Å². The average Bonchev–Trinajstić information content (AvgIpc) is 3.23. The van der Waals surface area contributed by atoms with E-state index in [0.29, 0.717) is 0 Å². The second-order valence-electron chi connectivity index (χ2n) is 7.06. The first-order chi connectivity index (χ1) is 13.3. The summed E-state index contributed by atoms with van der Waals surface area (Å²) in [5.74, 6) is 0. The van der Waals surface area contributed by atoms with Crippen molar-refractivity contribution in [3.8, 4) is 11.1 Å². The first kappa shape index (κ1) is 15.0. The van der Waals surface area contributed by atoms with Gasteiger partial charge < -0.3 is 4.57 Å². The molecule has 0 unspecified atom stereocenters. The van der Waals surface area contributed by atoms with Crippen molar-refractivity contribution in [1.82, 2.24) is 4.57 Å². The van der Waals surface area contributed by atoms with E-state index in [9.17, 15) is 0 Å². The molecule has 2 aromatic heterocycles. The zero-order valence-corrected chi connectivity index (χ0v) is 15.8. The Balaban J connectivity index is 1.95. The molecule has 0 atom stereocenters. The molecule has 6 aromatic rings. The van der Waals surface area contributed by atoms with E-state index >= 15 is 0 Å². The van der Waals surface area contributed by atoms with Gasteiger partial charge in [0, 0.05) is 49.1 Å². The highest BCUT2D eigenvalue weighted by Gasteiger charge is 2.19. The van der Waals surface area contributed by atoms with Gasteiger partial charge in [-0.25, -0.2) is 0 Å². The lowest BCUT2D eigenvalue weighted by molar-refractivity contribution is 1.02. The third-order valence-electron chi connectivity index (χ3n) is 5.59. The molecule has 0 N–H and O–H groups in total. The molecule has 4 aromatic carbocycles. The van der Waals surface area contributed by atoms with Crippen LogP contribution < -0.4 is 0 Å². The number of aryl methyl sites for hydroxylation is 1. The lowest BCUT2D eigenvalue weighted by atomic mass is 9.98. The third-order valence-corrected chi connectivity index (χ3v) is 6.80. The van der Waals surface area contributed by atoms with E-state index in [0.717, 1.165) is 0 Å². The molecule has 2 heterocycles. The fraction of sp³-hybridized carbons (Fsp3) is 0.0400. The van der Waals surface area contributed by atoms with Gasteiger partial charge in [-0.1, -0.05) is 66.7 Å². The Bertz CT molecular complexity index is 1470. The lowest BCUT2D eigenvalue weighted by Crippen LogP contribution is -1.90. The van der Waals surface area contributed by atoms with E-state index in [4.69, 9.17) is 0 Å². The lowest BCUT2D eigenvalue weighted by Gasteiger charge is -2.09. The van der Waals surface area contributed by atoms with Crippen molar-refractivity contribution in [2.75, 3.05) is 0 Å². The van der Waals surface area contributed by atoms with Crippen molar-refractivity contribution < 1.29 is 0 Å². The highest BCUT2D eigenvalue weighted by Crippen LogP contribution is 2.46. The van der Waals surface area contributed by atoms with Crippen LogP contribution in [0.5, 0.6) is 0 Å². The predicted octanol–water partition coefficient (Wildman–Crippen LogP) is 7.37. The van der Waals surface area contributed by atoms with Gasteiger partial charge in [0.05, 0.1) is 5.52 Å². The molecule has 0 saturated heterocycles. The van der Waals surface area contributed by atoms with Crippen molar-refractivity contribution in [2.45, 2.75) is 0 Å². The van der Waals surface area contributed by atoms with Gasteiger partial charge in [-0.15, -0.1) is 11.3 Å². The Morgan fingerprint density at radius 1 is 0.667 bits per heavy atom. The molecule has 0 fully saturated rings. The van der Waals surface area contributed by atoms with E-state index in [-0.39, 0.29) is 0 Å². The van der Waals surface area contributed by atoms with Crippen LogP contribution in [0.25, 0.3) is 53.1 Å². The maximum atomic E-state index is 2.40. The first-order valence-electron chi connectivity index (χ1n) is 9.20. The van der Waals surface area contributed by atoms with Crippen molar-refractivity contribution >= 4 is 53.3 Å². The molecule has 0 bridgehead atoms. The summed E-state index contributed by atoms with van der Waals surface area (Å²) in [7, 11) is 2.19. The minimum Gasteiger partial charge on any atom is -0.343 e. The predicted molar refractivity (Wildman–Crippen MR) is 119 cm³/mol. The maximum Gasteiger partial charge on any atom is 0.0583 e. The number of fused-ring (bicyclic) bond motifs is 6. The van der Waals surface area contributed by atoms with Gasteiger partial charge in [0.25, 0.3) is 0 Å². The largest absolute Gasteiger partial charge is 0.343 e. The molecule has 0 amide bonds. The van der Waals surface area contributed by atoms with Crippen LogP contribution >= 0.6 is 11.3 Å². The average molecular weight is 363 g/mol. The van der Waals surface area contributed by atoms with E-state index in [1.807, 2.05) is 11.3 Å². The van der Waals surface area contributed by atoms with Gasteiger partial charge in [0.2, 0.25) is 0 Å². The molecule has 128 valence electrons. The van der Waals surface area contributed by atoms with Gasteiger partial charge >= 0.3 is 0 Å². The summed E-state index contributed by atoms with van der Waals surface area (Å²) in [5, 5.41) is 5.37. The van der Waals surface area contributed by atoms with Gasteiger partial charge in [-0.05, 0) is 23.8 Å². The third kappa shape index (κ3) is 1.99. The van der Waals surface area contributed by atoms with Crippen LogP contribution in [0.15, 0.2) is 84.9 Å². The summed E-state index contributed by atoms with van der Waals surface area (Å²) in [5.41, 5.74) is 5.24. The number of hydrogen-bond acceptors (Lipinski definition) is 1. The molecule has 0 aliphatic heterocycles. The van der Waals surface area contributed by atoms with Crippen LogP contribution in [0.3, 0.4) is 0 Å². The van der Waals surface area contributed by atoms with Crippen LogP contribution in [0, 0.1) is 0 Å². The summed E-state index contributed by atoms with van der Waals surface area (Å²) >= 11 is 1.90. The van der Waals surface area contributed by atoms with Crippen molar-refractivity contribution in [3.05, 3.63) is 84.9 Å². The number of thiophene rings is 1. The van der Waals surface area contributed by atoms with E-state index in [1.54, 1.807) is 0 Å². The van der Waals surface area contributed by atoms with E-state index in [1.165, 1.54) is 53.1 Å². The number of benzene rings is 4. The molecular formula is C25H17NS. The summed E-state index contributed by atoms with van der Waals surface area (Å²) < 4.78 is 5.08. The molecule has 27 heavy (non-hydrogen) atoms. The molecule has 0 aliphatic carbocycles. The summed E-state index contributed by atoms with van der Waals surface area (Å²) in [6.45, 7) is 0. The Labute approximate surface area is 161 Å². The maximum absolute atomic E-state index is 2.40. The Morgan fingerprint density at radius 2 is 1.37 bits per heavy atom. The molecule has 0 spiro atoms. The minimum atomic E-state index is 1.28. The number of hydrogen-bond donors (Lipinski definition) is 0. The van der Waals surface area contributed by atoms with Crippen LogP contribution in [-0.2, 0) is 7.05 Å². The van der Waals surface area contributed by atoms with Crippen molar-refractivity contribution in [2.24, 2.45) is 7.05 Å². The summed E-state index contributed by atoms with van der Waals surface area (Å²) in [6, 6.07) is 30.7. The smallest absolute Gasteiger partial charge is 0.0583 e. The number of nitrogens with zero attached hydrogens (tertiary/aromatic N) is 1. The zero-order valence-electron chi connectivity index (χ0n) is 14.9. The van der Waals surface area contributed by atoms with Crippen molar-refractivity contribution in [3.63, 3.8) is 0 Å². The monoisotopic (exact) mass is 363 g/mol. The van der Waals surface area contributed by atoms with Crippen molar-refractivity contribution in [1.29, 1.82) is 0 Å². The minimum absolute atomic E-state index is 1.28. The topological polar surface area (TPSA) is 4.93 Å². The molecule has 2 heteroatoms. The number of para-hydroxylation sites is 1. The molecule has 0 radical (unpaired) electrons. The standard InChI is InChI=1S/C25H17NS/c1-26-21-13-7-5-11-17(21)19-15-20-18-12-6-8-14-22(18)27-25(20)23(24(19)26)16-9-3-2-4-10-16/h2-15H,1H3. The van der Waals surface area contributed by atoms with Crippen LogP contribution in [0.2, 0.25) is 0 Å². The highest BCUT2D eigenvalue weighted by atomic mass is 32.1. The normalized spacial score (nSPS) is 11.9. The molecule has 1 nitrogen and oxygen atoms in total. The quantitative estimate of drug-likeness (QED) is 0.287. The van der Waals surface area contributed by atoms with Crippen LogP contribution in [0.4, 0.5) is 0 Å². The van der Waals surface area contributed by atoms with Gasteiger partial charge in [-0.2, -0.15) is 0 Å².